The fraction of sp³-hybridized carbons (Fsp3) is 0. The van der Waals surface area contributed by atoms with E-state index >= 15 is 0 Å². The molecule has 1 aromatic carbocycles. The van der Waals surface area contributed by atoms with Crippen molar-refractivity contribution in [3.8, 4) is 11.1 Å². The summed E-state index contributed by atoms with van der Waals surface area (Å²) in [4.78, 5) is 0. The molecule has 0 aliphatic carbocycles. The lowest BCUT2D eigenvalue weighted by molar-refractivity contribution is 0.436. The van der Waals surface area contributed by atoms with Crippen LogP contribution in [-0.4, -0.2) is 5.16 Å². The maximum atomic E-state index is 6.04. The summed E-state index contributed by atoms with van der Waals surface area (Å²) in [5.74, 6) is 0.263. The molecule has 0 aliphatic rings. The maximum absolute atomic E-state index is 6.04. The molecule has 2 aromatic rings. The third-order valence-corrected chi connectivity index (χ3v) is 2.81. The van der Waals surface area contributed by atoms with Gasteiger partial charge in [0.05, 0.1) is 11.8 Å². The summed E-state index contributed by atoms with van der Waals surface area (Å²) in [6.45, 7) is 0. The molecule has 0 aliphatic heterocycles. The fourth-order valence-electron chi connectivity index (χ4n) is 1.19. The lowest BCUT2D eigenvalue weighted by Gasteiger charge is -2.03. The van der Waals surface area contributed by atoms with E-state index in [4.69, 9.17) is 21.9 Å². The molecule has 0 amide bonds. The van der Waals surface area contributed by atoms with Gasteiger partial charge in [0.2, 0.25) is 5.88 Å². The molecule has 0 bridgehead atoms. The summed E-state index contributed by atoms with van der Waals surface area (Å²) in [6, 6.07) is 5.52. The number of hydrogen-bond donors (Lipinski definition) is 1. The first-order chi connectivity index (χ1) is 6.70. The van der Waals surface area contributed by atoms with Gasteiger partial charge >= 0.3 is 0 Å². The number of nitrogens with zero attached hydrogens (tertiary/aromatic N) is 1. The minimum absolute atomic E-state index is 0.263. The highest BCUT2D eigenvalue weighted by molar-refractivity contribution is 9.10. The van der Waals surface area contributed by atoms with E-state index in [1.807, 2.05) is 12.1 Å². The predicted octanol–water partition coefficient (Wildman–Crippen LogP) is 3.34. The van der Waals surface area contributed by atoms with Crippen molar-refractivity contribution in [2.45, 2.75) is 0 Å². The van der Waals surface area contributed by atoms with Crippen LogP contribution in [0.1, 0.15) is 0 Å². The summed E-state index contributed by atoms with van der Waals surface area (Å²) < 4.78 is 5.64. The van der Waals surface area contributed by atoms with E-state index in [-0.39, 0.29) is 5.88 Å². The van der Waals surface area contributed by atoms with Crippen molar-refractivity contribution in [2.75, 3.05) is 5.73 Å². The van der Waals surface area contributed by atoms with Gasteiger partial charge in [-0.15, -0.1) is 0 Å². The zero-order chi connectivity index (χ0) is 10.1. The topological polar surface area (TPSA) is 52.0 Å². The second kappa shape index (κ2) is 3.63. The number of hydrogen-bond acceptors (Lipinski definition) is 3. The van der Waals surface area contributed by atoms with Crippen LogP contribution in [0.4, 0.5) is 5.88 Å². The van der Waals surface area contributed by atoms with Crippen LogP contribution in [0.25, 0.3) is 11.1 Å². The molecule has 5 heteroatoms. The zero-order valence-electron chi connectivity index (χ0n) is 7.00. The minimum Gasteiger partial charge on any atom is -0.367 e. The van der Waals surface area contributed by atoms with Gasteiger partial charge in [-0.2, -0.15) is 0 Å². The molecule has 1 heterocycles. The molecule has 0 radical (unpaired) electrons. The van der Waals surface area contributed by atoms with E-state index in [0.717, 1.165) is 10.0 Å². The summed E-state index contributed by atoms with van der Waals surface area (Å²) in [5, 5.41) is 4.21. The molecule has 2 N–H and O–H groups in total. The van der Waals surface area contributed by atoms with Gasteiger partial charge in [0, 0.05) is 15.1 Å². The van der Waals surface area contributed by atoms with Crippen LogP contribution in [0.5, 0.6) is 0 Å². The van der Waals surface area contributed by atoms with Gasteiger partial charge in [-0.1, -0.05) is 38.8 Å². The van der Waals surface area contributed by atoms with Crippen molar-refractivity contribution in [2.24, 2.45) is 0 Å². The molecular weight excluding hydrogens is 267 g/mol. The molecule has 2 rings (SSSR count). The molecule has 0 spiro atoms. The highest BCUT2D eigenvalue weighted by atomic mass is 79.9. The number of aromatic nitrogens is 1. The van der Waals surface area contributed by atoms with Gasteiger partial charge in [0.1, 0.15) is 0 Å². The van der Waals surface area contributed by atoms with E-state index < -0.39 is 0 Å². The van der Waals surface area contributed by atoms with Gasteiger partial charge in [0.25, 0.3) is 0 Å². The molecular formula is C9H6BrClN2O. The molecule has 14 heavy (non-hydrogen) atoms. The van der Waals surface area contributed by atoms with Crippen LogP contribution in [0.2, 0.25) is 5.02 Å². The van der Waals surface area contributed by atoms with Gasteiger partial charge in [-0.05, 0) is 12.1 Å². The summed E-state index contributed by atoms with van der Waals surface area (Å²) in [5.41, 5.74) is 7.10. The first-order valence-electron chi connectivity index (χ1n) is 3.84. The SMILES string of the molecule is Nc1oncc1-c1c(Cl)cccc1Br. The van der Waals surface area contributed by atoms with Crippen molar-refractivity contribution >= 4 is 33.4 Å². The van der Waals surface area contributed by atoms with E-state index in [9.17, 15) is 0 Å². The van der Waals surface area contributed by atoms with Crippen molar-refractivity contribution in [3.05, 3.63) is 33.9 Å². The third-order valence-electron chi connectivity index (χ3n) is 1.83. The van der Waals surface area contributed by atoms with Crippen molar-refractivity contribution in [1.82, 2.24) is 5.16 Å². The average molecular weight is 274 g/mol. The Balaban J connectivity index is 2.68. The Bertz CT molecular complexity index is 449. The van der Waals surface area contributed by atoms with Gasteiger partial charge in [-0.3, -0.25) is 0 Å². The van der Waals surface area contributed by atoms with Crippen LogP contribution in [0.15, 0.2) is 33.4 Å². The van der Waals surface area contributed by atoms with E-state index in [1.54, 1.807) is 12.3 Å². The molecule has 72 valence electrons. The fourth-order valence-corrected chi connectivity index (χ4v) is 2.16. The highest BCUT2D eigenvalue weighted by Crippen LogP contribution is 2.37. The second-order valence-electron chi connectivity index (χ2n) is 2.70. The summed E-state index contributed by atoms with van der Waals surface area (Å²) >= 11 is 9.43. The smallest absolute Gasteiger partial charge is 0.230 e. The van der Waals surface area contributed by atoms with Gasteiger partial charge < -0.3 is 10.3 Å². The minimum atomic E-state index is 0.263. The average Bonchev–Trinajstić information content (AvgIpc) is 2.52. The van der Waals surface area contributed by atoms with Gasteiger partial charge in [0.15, 0.2) is 0 Å². The van der Waals surface area contributed by atoms with Crippen molar-refractivity contribution < 1.29 is 4.52 Å². The van der Waals surface area contributed by atoms with Crippen LogP contribution < -0.4 is 5.73 Å². The number of anilines is 1. The van der Waals surface area contributed by atoms with Crippen LogP contribution in [-0.2, 0) is 0 Å². The third kappa shape index (κ3) is 1.51. The molecule has 0 atom stereocenters. The van der Waals surface area contributed by atoms with Gasteiger partial charge in [-0.25, -0.2) is 0 Å². The Labute approximate surface area is 94.0 Å². The summed E-state index contributed by atoms with van der Waals surface area (Å²) in [7, 11) is 0. The monoisotopic (exact) mass is 272 g/mol. The molecule has 0 unspecified atom stereocenters. The first kappa shape index (κ1) is 9.55. The van der Waals surface area contributed by atoms with E-state index in [1.165, 1.54) is 0 Å². The molecule has 3 nitrogen and oxygen atoms in total. The van der Waals surface area contributed by atoms with E-state index in [0.29, 0.717) is 10.6 Å². The molecule has 0 saturated carbocycles. The quantitative estimate of drug-likeness (QED) is 0.867. The molecule has 1 aromatic heterocycles. The van der Waals surface area contributed by atoms with E-state index in [2.05, 4.69) is 21.1 Å². The Kier molecular flexibility index (Phi) is 2.48. The number of benzene rings is 1. The zero-order valence-corrected chi connectivity index (χ0v) is 9.34. The molecule has 0 saturated heterocycles. The van der Waals surface area contributed by atoms with Crippen LogP contribution >= 0.6 is 27.5 Å². The van der Waals surface area contributed by atoms with Crippen LogP contribution in [0, 0.1) is 0 Å². The number of halogens is 2. The normalized spacial score (nSPS) is 10.4. The van der Waals surface area contributed by atoms with Crippen molar-refractivity contribution in [3.63, 3.8) is 0 Å². The standard InChI is InChI=1S/C9H6BrClN2O/c10-6-2-1-3-7(11)8(6)5-4-13-14-9(5)12/h1-4H,12H2. The summed E-state index contributed by atoms with van der Waals surface area (Å²) in [6.07, 6.45) is 1.54. The number of nitrogen functional groups attached to an aromatic ring is 1. The number of rotatable bonds is 1. The Hall–Kier alpha value is -1.000. The Morgan fingerprint density at radius 1 is 1.43 bits per heavy atom. The Morgan fingerprint density at radius 2 is 2.21 bits per heavy atom. The van der Waals surface area contributed by atoms with Crippen LogP contribution in [0.3, 0.4) is 0 Å². The molecule has 0 fully saturated rings. The first-order valence-corrected chi connectivity index (χ1v) is 5.02. The Morgan fingerprint density at radius 3 is 2.79 bits per heavy atom. The van der Waals surface area contributed by atoms with Crippen molar-refractivity contribution in [1.29, 1.82) is 0 Å². The number of nitrogens with two attached hydrogens (primary N) is 1. The maximum Gasteiger partial charge on any atom is 0.230 e. The lowest BCUT2D eigenvalue weighted by Crippen LogP contribution is -1.86. The predicted molar refractivity (Wildman–Crippen MR) is 59.1 cm³/mol. The second-order valence-corrected chi connectivity index (χ2v) is 3.96. The largest absolute Gasteiger partial charge is 0.367 e. The lowest BCUT2D eigenvalue weighted by atomic mass is 10.1. The highest BCUT2D eigenvalue weighted by Gasteiger charge is 2.13.